The topological polar surface area (TPSA) is 64.4 Å². The highest BCUT2D eigenvalue weighted by Crippen LogP contribution is 2.36. The number of halogens is 1. The molecule has 0 saturated carbocycles. The summed E-state index contributed by atoms with van der Waals surface area (Å²) in [5.74, 6) is -0.888. The lowest BCUT2D eigenvalue weighted by Crippen LogP contribution is -2.51. The number of ether oxygens (including phenoxy) is 1. The van der Waals surface area contributed by atoms with Crippen LogP contribution >= 0.6 is 0 Å². The third-order valence-corrected chi connectivity index (χ3v) is 5.26. The minimum absolute atomic E-state index is 0.165. The van der Waals surface area contributed by atoms with Gasteiger partial charge in [-0.1, -0.05) is 18.2 Å². The molecule has 6 nitrogen and oxygen atoms in total. The number of carbonyl (C=O) groups excluding carboxylic acids is 2. The zero-order valence-corrected chi connectivity index (χ0v) is 16.4. The van der Waals surface area contributed by atoms with Crippen LogP contribution in [0.3, 0.4) is 0 Å². The van der Waals surface area contributed by atoms with Crippen molar-refractivity contribution >= 4 is 11.9 Å². The van der Waals surface area contributed by atoms with Crippen LogP contribution < -0.4 is 0 Å². The highest BCUT2D eigenvalue weighted by molar-refractivity contribution is 5.94. The second kappa shape index (κ2) is 8.54. The number of hydrogen-bond donors (Lipinski definition) is 0. The van der Waals surface area contributed by atoms with E-state index in [1.807, 2.05) is 6.92 Å². The Bertz CT molecular complexity index is 851. The van der Waals surface area contributed by atoms with Gasteiger partial charge in [0.25, 0.3) is 5.91 Å². The molecule has 0 N–H and O–H groups in total. The van der Waals surface area contributed by atoms with Crippen LogP contribution in [-0.4, -0.2) is 46.3 Å². The van der Waals surface area contributed by atoms with Crippen molar-refractivity contribution in [3.8, 4) is 0 Å². The number of nitrogens with zero attached hydrogens (tertiary/aromatic N) is 3. The molecule has 1 amide bonds. The molecule has 3 rings (SSSR count). The van der Waals surface area contributed by atoms with Gasteiger partial charge in [-0.15, -0.1) is 0 Å². The van der Waals surface area contributed by atoms with E-state index in [1.165, 1.54) is 6.07 Å². The molecule has 0 aliphatic carbocycles. The standard InChI is InChI=1S/C21H26FN3O3/c1-3-25-14-17(13-23-25)19(26)24-11-7-10-21(15-24,20(27)28-4-2)12-16-8-5-6-9-18(16)22/h5-6,8-9,13-14H,3-4,7,10-12,15H2,1-2H3/t21-/m0/s1. The van der Waals surface area contributed by atoms with Gasteiger partial charge in [-0.3, -0.25) is 14.3 Å². The Labute approximate surface area is 164 Å². The molecule has 28 heavy (non-hydrogen) atoms. The molecule has 2 heterocycles. The van der Waals surface area contributed by atoms with Crippen molar-refractivity contribution in [1.29, 1.82) is 0 Å². The number of hydrogen-bond acceptors (Lipinski definition) is 4. The van der Waals surface area contributed by atoms with Gasteiger partial charge in [-0.25, -0.2) is 4.39 Å². The minimum Gasteiger partial charge on any atom is -0.466 e. The molecule has 0 radical (unpaired) electrons. The number of amides is 1. The summed E-state index contributed by atoms with van der Waals surface area (Å²) in [5.41, 5.74) is 0.00316. The van der Waals surface area contributed by atoms with Gasteiger partial charge in [0.15, 0.2) is 0 Å². The number of esters is 1. The Morgan fingerprint density at radius 1 is 1.29 bits per heavy atom. The monoisotopic (exact) mass is 387 g/mol. The summed E-state index contributed by atoms with van der Waals surface area (Å²) in [7, 11) is 0. The van der Waals surface area contributed by atoms with E-state index in [-0.39, 0.29) is 37.3 Å². The molecule has 1 aliphatic heterocycles. The van der Waals surface area contributed by atoms with Gasteiger partial charge in [0, 0.05) is 25.8 Å². The molecule has 1 aliphatic rings. The Balaban J connectivity index is 1.87. The van der Waals surface area contributed by atoms with Crippen LogP contribution in [-0.2, 0) is 22.5 Å². The summed E-state index contributed by atoms with van der Waals surface area (Å²) in [6.07, 6.45) is 4.67. The van der Waals surface area contributed by atoms with Crippen molar-refractivity contribution < 1.29 is 18.7 Å². The summed E-state index contributed by atoms with van der Waals surface area (Å²) in [4.78, 5) is 27.5. The zero-order valence-electron chi connectivity index (χ0n) is 16.4. The predicted octanol–water partition coefficient (Wildman–Crippen LogP) is 3.07. The largest absolute Gasteiger partial charge is 0.466 e. The normalized spacial score (nSPS) is 19.5. The number of rotatable bonds is 6. The van der Waals surface area contributed by atoms with Gasteiger partial charge in [0.2, 0.25) is 0 Å². The maximum atomic E-state index is 14.3. The summed E-state index contributed by atoms with van der Waals surface area (Å²) in [6, 6.07) is 6.45. The first kappa shape index (κ1) is 20.0. The predicted molar refractivity (Wildman–Crippen MR) is 102 cm³/mol. The number of carbonyl (C=O) groups is 2. The van der Waals surface area contributed by atoms with E-state index in [0.29, 0.717) is 37.1 Å². The fourth-order valence-corrected chi connectivity index (χ4v) is 3.81. The number of aryl methyl sites for hydroxylation is 1. The lowest BCUT2D eigenvalue weighted by Gasteiger charge is -2.41. The third kappa shape index (κ3) is 4.08. The first-order valence-corrected chi connectivity index (χ1v) is 9.71. The van der Waals surface area contributed by atoms with Gasteiger partial charge in [0.1, 0.15) is 5.82 Å². The summed E-state index contributed by atoms with van der Waals surface area (Å²) < 4.78 is 21.3. The maximum absolute atomic E-state index is 14.3. The van der Waals surface area contributed by atoms with Gasteiger partial charge in [-0.05, 0) is 44.7 Å². The van der Waals surface area contributed by atoms with Crippen LogP contribution in [0.2, 0.25) is 0 Å². The van der Waals surface area contributed by atoms with E-state index >= 15 is 0 Å². The van der Waals surface area contributed by atoms with E-state index in [4.69, 9.17) is 4.74 Å². The summed E-state index contributed by atoms with van der Waals surface area (Å²) in [5, 5.41) is 4.16. The van der Waals surface area contributed by atoms with E-state index in [2.05, 4.69) is 5.10 Å². The molecule has 2 aromatic rings. The number of aromatic nitrogens is 2. The summed E-state index contributed by atoms with van der Waals surface area (Å²) >= 11 is 0. The molecule has 1 fully saturated rings. The SMILES string of the molecule is CCOC(=O)[C@]1(Cc2ccccc2F)CCCN(C(=O)c2cnn(CC)c2)C1. The third-order valence-electron chi connectivity index (χ3n) is 5.26. The molecule has 1 saturated heterocycles. The van der Waals surface area contributed by atoms with Crippen molar-refractivity contribution in [2.45, 2.75) is 39.7 Å². The highest BCUT2D eigenvalue weighted by Gasteiger charge is 2.45. The van der Waals surface area contributed by atoms with Gasteiger partial charge in [0.05, 0.1) is 23.8 Å². The second-order valence-electron chi connectivity index (χ2n) is 7.18. The van der Waals surface area contributed by atoms with E-state index in [9.17, 15) is 14.0 Å². The molecule has 1 aromatic carbocycles. The number of likely N-dealkylation sites (tertiary alicyclic amines) is 1. The Hall–Kier alpha value is -2.70. The lowest BCUT2D eigenvalue weighted by atomic mass is 9.74. The van der Waals surface area contributed by atoms with Crippen molar-refractivity contribution in [2.75, 3.05) is 19.7 Å². The Kier molecular flexibility index (Phi) is 6.11. The van der Waals surface area contributed by atoms with E-state index < -0.39 is 5.41 Å². The van der Waals surface area contributed by atoms with E-state index in [0.717, 1.165) is 0 Å². The van der Waals surface area contributed by atoms with Crippen LogP contribution in [0.5, 0.6) is 0 Å². The molecule has 7 heteroatoms. The first-order valence-electron chi connectivity index (χ1n) is 9.71. The fraction of sp³-hybridized carbons (Fsp3) is 0.476. The number of piperidine rings is 1. The fourth-order valence-electron chi connectivity index (χ4n) is 3.81. The molecular formula is C21H26FN3O3. The van der Waals surface area contributed by atoms with Crippen LogP contribution in [0.25, 0.3) is 0 Å². The molecule has 1 atom stereocenters. The Morgan fingerprint density at radius 3 is 2.75 bits per heavy atom. The molecule has 1 aromatic heterocycles. The average molecular weight is 387 g/mol. The molecule has 150 valence electrons. The van der Waals surface area contributed by atoms with Crippen LogP contribution in [0.15, 0.2) is 36.7 Å². The lowest BCUT2D eigenvalue weighted by molar-refractivity contribution is -0.158. The van der Waals surface area contributed by atoms with Crippen LogP contribution in [0, 0.1) is 11.2 Å². The Morgan fingerprint density at radius 2 is 2.07 bits per heavy atom. The van der Waals surface area contributed by atoms with Crippen LogP contribution in [0.1, 0.15) is 42.6 Å². The van der Waals surface area contributed by atoms with Crippen molar-refractivity contribution in [3.63, 3.8) is 0 Å². The van der Waals surface area contributed by atoms with E-state index in [1.54, 1.807) is 47.1 Å². The van der Waals surface area contributed by atoms with Gasteiger partial charge < -0.3 is 9.64 Å². The minimum atomic E-state index is -0.952. The average Bonchev–Trinajstić information content (AvgIpc) is 3.19. The smallest absolute Gasteiger partial charge is 0.314 e. The number of benzene rings is 1. The second-order valence-corrected chi connectivity index (χ2v) is 7.18. The molecular weight excluding hydrogens is 361 g/mol. The van der Waals surface area contributed by atoms with Crippen molar-refractivity contribution in [3.05, 3.63) is 53.6 Å². The first-order chi connectivity index (χ1) is 13.5. The highest BCUT2D eigenvalue weighted by atomic mass is 19.1. The van der Waals surface area contributed by atoms with Crippen molar-refractivity contribution in [1.82, 2.24) is 14.7 Å². The maximum Gasteiger partial charge on any atom is 0.314 e. The zero-order chi connectivity index (χ0) is 20.1. The van der Waals surface area contributed by atoms with Crippen LogP contribution in [0.4, 0.5) is 4.39 Å². The quantitative estimate of drug-likeness (QED) is 0.715. The van der Waals surface area contributed by atoms with Gasteiger partial charge >= 0.3 is 5.97 Å². The van der Waals surface area contributed by atoms with Gasteiger partial charge in [-0.2, -0.15) is 5.10 Å². The summed E-state index contributed by atoms with van der Waals surface area (Å²) in [6.45, 7) is 5.37. The molecule has 0 bridgehead atoms. The van der Waals surface area contributed by atoms with Crippen molar-refractivity contribution in [2.24, 2.45) is 5.41 Å². The molecule has 0 unspecified atom stereocenters. The molecule has 0 spiro atoms.